The first-order valence-electron chi connectivity index (χ1n) is 22.7. The standard InChI is InChI=1S/C55H58O11/c1-56-54-51(60-35-42-26-14-5-15-27-42)49(58-33-40-22-10-3-11-23-40)47(57-32-39-20-8-2-9-21-39)45(64-54)37-63-55-52(61-36-43-28-16-6-17-29-43)50(59-34-41-24-12-4-13-25-41)48-46(65-55)38-62-53(66-48)44-30-18-7-19-31-44/h2-31,45-55H,32-38H2,1H3/t45-,46-,47-,48+,49+,50+,51-,52-,53+,54+,55?/m1/s1. The minimum Gasteiger partial charge on any atom is -0.368 e. The molecule has 0 bridgehead atoms. The number of ether oxygens (including phenoxy) is 11. The molecule has 3 fully saturated rings. The Morgan fingerprint density at radius 1 is 0.394 bits per heavy atom. The summed E-state index contributed by atoms with van der Waals surface area (Å²) in [6.07, 6.45) is -7.59. The van der Waals surface area contributed by atoms with Gasteiger partial charge in [-0.25, -0.2) is 0 Å². The minimum absolute atomic E-state index is 0.0168. The normalized spacial score (nSPS) is 27.5. The highest BCUT2D eigenvalue weighted by Crippen LogP contribution is 2.38. The molecule has 0 aliphatic carbocycles. The molecule has 3 aliphatic heterocycles. The van der Waals surface area contributed by atoms with Crippen molar-refractivity contribution < 1.29 is 52.1 Å². The summed E-state index contributed by atoms with van der Waals surface area (Å²) in [6, 6.07) is 60.1. The summed E-state index contributed by atoms with van der Waals surface area (Å²) >= 11 is 0. The Kier molecular flexibility index (Phi) is 16.4. The van der Waals surface area contributed by atoms with E-state index in [0.717, 1.165) is 33.4 Å². The van der Waals surface area contributed by atoms with Crippen LogP contribution in [0, 0.1) is 0 Å². The summed E-state index contributed by atoms with van der Waals surface area (Å²) in [7, 11) is 1.61. The fourth-order valence-corrected chi connectivity index (χ4v) is 8.62. The first kappa shape index (κ1) is 46.0. The fraction of sp³-hybridized carbons (Fsp3) is 0.345. The van der Waals surface area contributed by atoms with Crippen LogP contribution in [0.3, 0.4) is 0 Å². The Morgan fingerprint density at radius 2 is 0.788 bits per heavy atom. The Balaban J connectivity index is 1.02. The van der Waals surface area contributed by atoms with Gasteiger partial charge in [-0.2, -0.15) is 0 Å². The van der Waals surface area contributed by atoms with Crippen molar-refractivity contribution >= 4 is 0 Å². The van der Waals surface area contributed by atoms with Gasteiger partial charge in [-0.1, -0.05) is 182 Å². The highest BCUT2D eigenvalue weighted by molar-refractivity contribution is 5.19. The Labute approximate surface area is 387 Å². The molecule has 0 N–H and O–H groups in total. The highest BCUT2D eigenvalue weighted by Gasteiger charge is 2.54. The van der Waals surface area contributed by atoms with E-state index in [4.69, 9.17) is 52.1 Å². The van der Waals surface area contributed by atoms with Crippen LogP contribution in [0.4, 0.5) is 0 Å². The molecule has 11 nitrogen and oxygen atoms in total. The number of fused-ring (bicyclic) bond motifs is 1. The molecule has 344 valence electrons. The van der Waals surface area contributed by atoms with Crippen LogP contribution < -0.4 is 0 Å². The van der Waals surface area contributed by atoms with Crippen molar-refractivity contribution in [2.24, 2.45) is 0 Å². The van der Waals surface area contributed by atoms with Crippen molar-refractivity contribution in [1.82, 2.24) is 0 Å². The van der Waals surface area contributed by atoms with E-state index in [2.05, 4.69) is 0 Å². The number of methoxy groups -OCH3 is 1. The molecule has 3 aliphatic rings. The Morgan fingerprint density at radius 3 is 1.24 bits per heavy atom. The summed E-state index contributed by atoms with van der Waals surface area (Å²) in [4.78, 5) is 0. The maximum Gasteiger partial charge on any atom is 0.187 e. The lowest BCUT2D eigenvalue weighted by Gasteiger charge is -2.49. The fourth-order valence-electron chi connectivity index (χ4n) is 8.62. The second kappa shape index (κ2) is 23.6. The van der Waals surface area contributed by atoms with E-state index >= 15 is 0 Å². The molecule has 0 saturated carbocycles. The smallest absolute Gasteiger partial charge is 0.187 e. The number of hydrogen-bond donors (Lipinski definition) is 0. The first-order chi connectivity index (χ1) is 32.7. The summed E-state index contributed by atoms with van der Waals surface area (Å²) in [6.45, 7) is 1.76. The topological polar surface area (TPSA) is 102 Å². The average molecular weight is 895 g/mol. The summed E-state index contributed by atoms with van der Waals surface area (Å²) in [5.41, 5.74) is 5.91. The van der Waals surface area contributed by atoms with Gasteiger partial charge in [0.05, 0.1) is 46.2 Å². The molecule has 9 rings (SSSR count). The molecule has 0 spiro atoms. The maximum absolute atomic E-state index is 6.92. The molecular weight excluding hydrogens is 837 g/mol. The number of rotatable bonds is 20. The quantitative estimate of drug-likeness (QED) is 0.0734. The average Bonchev–Trinajstić information content (AvgIpc) is 3.39. The van der Waals surface area contributed by atoms with Gasteiger partial charge in [0.25, 0.3) is 0 Å². The number of benzene rings is 6. The molecule has 6 aromatic carbocycles. The maximum atomic E-state index is 6.92. The lowest BCUT2D eigenvalue weighted by Crippen LogP contribution is -2.65. The van der Waals surface area contributed by atoms with E-state index < -0.39 is 67.7 Å². The largest absolute Gasteiger partial charge is 0.368 e. The molecular formula is C55H58O11. The molecule has 6 aromatic rings. The third-order valence-corrected chi connectivity index (χ3v) is 12.0. The first-order valence-corrected chi connectivity index (χ1v) is 22.7. The Bertz CT molecular complexity index is 2170. The molecule has 11 atom stereocenters. The second-order valence-electron chi connectivity index (χ2n) is 16.6. The predicted octanol–water partition coefficient (Wildman–Crippen LogP) is 9.14. The van der Waals surface area contributed by atoms with Gasteiger partial charge >= 0.3 is 0 Å². The van der Waals surface area contributed by atoms with Gasteiger partial charge in [-0.15, -0.1) is 0 Å². The van der Waals surface area contributed by atoms with Crippen molar-refractivity contribution in [2.75, 3.05) is 20.3 Å². The summed E-state index contributed by atoms with van der Waals surface area (Å²) < 4.78 is 73.9. The van der Waals surface area contributed by atoms with E-state index in [1.807, 2.05) is 182 Å². The van der Waals surface area contributed by atoms with Gasteiger partial charge in [-0.05, 0) is 27.8 Å². The van der Waals surface area contributed by atoms with Crippen molar-refractivity contribution in [3.05, 3.63) is 215 Å². The van der Waals surface area contributed by atoms with Crippen LogP contribution in [-0.2, 0) is 85.1 Å². The van der Waals surface area contributed by atoms with Gasteiger partial charge < -0.3 is 52.1 Å². The monoisotopic (exact) mass is 894 g/mol. The van der Waals surface area contributed by atoms with Gasteiger partial charge in [-0.3, -0.25) is 0 Å². The molecule has 1 unspecified atom stereocenters. The minimum atomic E-state index is -0.939. The van der Waals surface area contributed by atoms with Crippen molar-refractivity contribution in [3.8, 4) is 0 Å². The van der Waals surface area contributed by atoms with Crippen LogP contribution >= 0.6 is 0 Å². The lowest BCUT2D eigenvalue weighted by molar-refractivity contribution is -0.379. The van der Waals surface area contributed by atoms with Gasteiger partial charge in [0, 0.05) is 12.7 Å². The molecule has 3 heterocycles. The van der Waals surface area contributed by atoms with Gasteiger partial charge in [0.15, 0.2) is 18.9 Å². The van der Waals surface area contributed by atoms with Crippen molar-refractivity contribution in [3.63, 3.8) is 0 Å². The van der Waals surface area contributed by atoms with E-state index in [-0.39, 0.29) is 19.8 Å². The van der Waals surface area contributed by atoms with E-state index in [1.54, 1.807) is 7.11 Å². The van der Waals surface area contributed by atoms with Crippen molar-refractivity contribution in [1.29, 1.82) is 0 Å². The third kappa shape index (κ3) is 12.1. The van der Waals surface area contributed by atoms with Crippen LogP contribution in [0.5, 0.6) is 0 Å². The molecule has 0 aromatic heterocycles. The van der Waals surface area contributed by atoms with Crippen LogP contribution in [0.2, 0.25) is 0 Å². The third-order valence-electron chi connectivity index (χ3n) is 12.0. The van der Waals surface area contributed by atoms with Crippen LogP contribution in [0.15, 0.2) is 182 Å². The molecule has 0 amide bonds. The molecule has 0 radical (unpaired) electrons. The second-order valence-corrected chi connectivity index (χ2v) is 16.6. The van der Waals surface area contributed by atoms with E-state index in [1.165, 1.54) is 0 Å². The molecule has 66 heavy (non-hydrogen) atoms. The number of hydrogen-bond acceptors (Lipinski definition) is 11. The molecule has 3 saturated heterocycles. The highest BCUT2D eigenvalue weighted by atomic mass is 16.8. The summed E-state index contributed by atoms with van der Waals surface area (Å²) in [5.74, 6) is 0. The van der Waals surface area contributed by atoms with Gasteiger partial charge in [0.2, 0.25) is 0 Å². The van der Waals surface area contributed by atoms with Crippen LogP contribution in [-0.4, -0.2) is 81.7 Å². The summed E-state index contributed by atoms with van der Waals surface area (Å²) in [5, 5.41) is 0. The Hall–Kier alpha value is -5.12. The van der Waals surface area contributed by atoms with Crippen LogP contribution in [0.25, 0.3) is 0 Å². The van der Waals surface area contributed by atoms with Gasteiger partial charge in [0.1, 0.15) is 48.8 Å². The SMILES string of the molecule is CO[C@H]1O[C@H](COC2O[C@@H]3CO[C@H](c4ccccc4)O[C@@H]3[C@H](OCc3ccccc3)[C@H]2OCc2ccccc2)[C@@H](OCc2ccccc2)[C@H](OCc2ccccc2)[C@H]1OCc1ccccc1. The lowest BCUT2D eigenvalue weighted by atomic mass is 9.96. The zero-order valence-electron chi connectivity index (χ0n) is 37.1. The predicted molar refractivity (Wildman–Crippen MR) is 245 cm³/mol. The van der Waals surface area contributed by atoms with Crippen LogP contribution in [0.1, 0.15) is 39.7 Å². The van der Waals surface area contributed by atoms with E-state index in [9.17, 15) is 0 Å². The van der Waals surface area contributed by atoms with E-state index in [0.29, 0.717) is 26.4 Å². The zero-order valence-corrected chi connectivity index (χ0v) is 37.1. The van der Waals surface area contributed by atoms with Crippen molar-refractivity contribution in [2.45, 2.75) is 101 Å². The zero-order chi connectivity index (χ0) is 44.8. The molecule has 11 heteroatoms.